The molecule has 23 heavy (non-hydrogen) atoms. The molecule has 0 aliphatic rings. The standard InChI is InChI=1S/C20H21NO2/c1-4-15-7-5-6-8-18(15)21-19(22)11-16-12-23-20-14(3)13(2)9-10-17(16)20/h5-10,12H,4,11H2,1-3H3,(H,21,22). The van der Waals surface area contributed by atoms with Gasteiger partial charge in [0.2, 0.25) is 5.91 Å². The first kappa shape index (κ1) is 15.3. The Morgan fingerprint density at radius 2 is 1.87 bits per heavy atom. The van der Waals surface area contributed by atoms with Gasteiger partial charge in [0.25, 0.3) is 0 Å². The molecule has 0 saturated carbocycles. The van der Waals surface area contributed by atoms with Gasteiger partial charge in [-0.25, -0.2) is 0 Å². The van der Waals surface area contributed by atoms with Gasteiger partial charge >= 0.3 is 0 Å². The van der Waals surface area contributed by atoms with E-state index in [0.717, 1.165) is 39.8 Å². The first-order chi connectivity index (χ1) is 11.1. The summed E-state index contributed by atoms with van der Waals surface area (Å²) < 4.78 is 5.68. The van der Waals surface area contributed by atoms with Crippen molar-refractivity contribution in [2.45, 2.75) is 33.6 Å². The zero-order valence-electron chi connectivity index (χ0n) is 13.8. The van der Waals surface area contributed by atoms with Gasteiger partial charge in [0.05, 0.1) is 12.7 Å². The SMILES string of the molecule is CCc1ccccc1NC(=O)Cc1coc2c(C)c(C)ccc12. The fourth-order valence-electron chi connectivity index (χ4n) is 2.84. The maximum absolute atomic E-state index is 12.4. The minimum Gasteiger partial charge on any atom is -0.464 e. The molecule has 1 N–H and O–H groups in total. The number of furan rings is 1. The molecule has 0 saturated heterocycles. The first-order valence-electron chi connectivity index (χ1n) is 7.94. The van der Waals surface area contributed by atoms with Crippen molar-refractivity contribution in [2.75, 3.05) is 5.32 Å². The Morgan fingerprint density at radius 3 is 2.65 bits per heavy atom. The van der Waals surface area contributed by atoms with Gasteiger partial charge in [-0.15, -0.1) is 0 Å². The largest absolute Gasteiger partial charge is 0.464 e. The van der Waals surface area contributed by atoms with E-state index in [2.05, 4.69) is 25.2 Å². The van der Waals surface area contributed by atoms with Gasteiger partial charge < -0.3 is 9.73 Å². The minimum atomic E-state index is -0.0215. The number of nitrogens with one attached hydrogen (secondary N) is 1. The van der Waals surface area contributed by atoms with Crippen LogP contribution in [-0.4, -0.2) is 5.91 Å². The van der Waals surface area contributed by atoms with Crippen LogP contribution in [0.25, 0.3) is 11.0 Å². The van der Waals surface area contributed by atoms with Crippen molar-refractivity contribution in [3.05, 3.63) is 64.9 Å². The van der Waals surface area contributed by atoms with Gasteiger partial charge in [-0.3, -0.25) is 4.79 Å². The van der Waals surface area contributed by atoms with E-state index in [1.54, 1.807) is 6.26 Å². The predicted molar refractivity (Wildman–Crippen MR) is 93.8 cm³/mol. The molecule has 1 aromatic heterocycles. The van der Waals surface area contributed by atoms with Crippen LogP contribution in [0.15, 0.2) is 47.1 Å². The van der Waals surface area contributed by atoms with E-state index < -0.39 is 0 Å². The van der Waals surface area contributed by atoms with Crippen molar-refractivity contribution in [3.63, 3.8) is 0 Å². The number of carbonyl (C=O) groups excluding carboxylic acids is 1. The minimum absolute atomic E-state index is 0.0215. The summed E-state index contributed by atoms with van der Waals surface area (Å²) in [7, 11) is 0. The van der Waals surface area contributed by atoms with Crippen molar-refractivity contribution in [1.29, 1.82) is 0 Å². The lowest BCUT2D eigenvalue weighted by molar-refractivity contribution is -0.115. The van der Waals surface area contributed by atoms with Crippen molar-refractivity contribution < 1.29 is 9.21 Å². The molecule has 0 spiro atoms. The Balaban J connectivity index is 1.82. The third-order valence-corrected chi connectivity index (χ3v) is 4.37. The van der Waals surface area contributed by atoms with E-state index in [9.17, 15) is 4.79 Å². The molecule has 3 rings (SSSR count). The second-order valence-electron chi connectivity index (χ2n) is 5.88. The van der Waals surface area contributed by atoms with Crippen LogP contribution in [0.3, 0.4) is 0 Å². The molecular formula is C20H21NO2. The van der Waals surface area contributed by atoms with Gasteiger partial charge in [-0.05, 0) is 43.0 Å². The van der Waals surface area contributed by atoms with Gasteiger partial charge in [0.15, 0.2) is 0 Å². The molecule has 0 bridgehead atoms. The van der Waals surface area contributed by atoms with Crippen LogP contribution < -0.4 is 5.32 Å². The smallest absolute Gasteiger partial charge is 0.228 e. The fourth-order valence-corrected chi connectivity index (χ4v) is 2.84. The molecule has 0 atom stereocenters. The number of anilines is 1. The molecule has 1 amide bonds. The van der Waals surface area contributed by atoms with Gasteiger partial charge in [-0.2, -0.15) is 0 Å². The lowest BCUT2D eigenvalue weighted by atomic mass is 10.0. The number of aryl methyl sites for hydroxylation is 3. The molecule has 0 aliphatic carbocycles. The zero-order chi connectivity index (χ0) is 16.4. The summed E-state index contributed by atoms with van der Waals surface area (Å²) in [5, 5.41) is 4.03. The van der Waals surface area contributed by atoms with Crippen LogP contribution in [0.2, 0.25) is 0 Å². The summed E-state index contributed by atoms with van der Waals surface area (Å²) >= 11 is 0. The van der Waals surface area contributed by atoms with Crippen LogP contribution in [-0.2, 0) is 17.6 Å². The van der Waals surface area contributed by atoms with E-state index in [1.807, 2.05) is 37.3 Å². The third kappa shape index (κ3) is 3.00. The molecule has 2 aromatic carbocycles. The highest BCUT2D eigenvalue weighted by atomic mass is 16.3. The molecule has 0 radical (unpaired) electrons. The molecule has 3 heteroatoms. The number of para-hydroxylation sites is 1. The van der Waals surface area contributed by atoms with Gasteiger partial charge in [-0.1, -0.05) is 37.3 Å². The van der Waals surface area contributed by atoms with E-state index in [-0.39, 0.29) is 5.91 Å². The normalized spacial score (nSPS) is 10.9. The molecule has 0 fully saturated rings. The van der Waals surface area contributed by atoms with Crippen molar-refractivity contribution >= 4 is 22.6 Å². The topological polar surface area (TPSA) is 42.2 Å². The number of fused-ring (bicyclic) bond motifs is 1. The van der Waals surface area contributed by atoms with Crippen LogP contribution in [0.4, 0.5) is 5.69 Å². The lowest BCUT2D eigenvalue weighted by Crippen LogP contribution is -2.15. The van der Waals surface area contributed by atoms with E-state index >= 15 is 0 Å². The Bertz CT molecular complexity index is 861. The summed E-state index contributed by atoms with van der Waals surface area (Å²) in [5.74, 6) is -0.0215. The van der Waals surface area contributed by atoms with Crippen molar-refractivity contribution in [2.24, 2.45) is 0 Å². The molecule has 3 nitrogen and oxygen atoms in total. The third-order valence-electron chi connectivity index (χ3n) is 4.37. The quantitative estimate of drug-likeness (QED) is 0.752. The molecular weight excluding hydrogens is 286 g/mol. The van der Waals surface area contributed by atoms with Gasteiger partial charge in [0, 0.05) is 16.6 Å². The summed E-state index contributed by atoms with van der Waals surface area (Å²) in [6, 6.07) is 12.0. The second-order valence-corrected chi connectivity index (χ2v) is 5.88. The number of hydrogen-bond donors (Lipinski definition) is 1. The summed E-state index contributed by atoms with van der Waals surface area (Å²) in [6.45, 7) is 6.19. The second kappa shape index (κ2) is 6.29. The Labute approximate surface area is 136 Å². The maximum Gasteiger partial charge on any atom is 0.228 e. The molecule has 0 unspecified atom stereocenters. The molecule has 3 aromatic rings. The van der Waals surface area contributed by atoms with Crippen molar-refractivity contribution in [3.8, 4) is 0 Å². The number of hydrogen-bond acceptors (Lipinski definition) is 2. The van der Waals surface area contributed by atoms with Crippen LogP contribution in [0.1, 0.15) is 29.2 Å². The first-order valence-corrected chi connectivity index (χ1v) is 7.94. The molecule has 0 aliphatic heterocycles. The summed E-state index contributed by atoms with van der Waals surface area (Å²) in [6.07, 6.45) is 2.90. The van der Waals surface area contributed by atoms with Crippen molar-refractivity contribution in [1.82, 2.24) is 0 Å². The number of benzene rings is 2. The Kier molecular flexibility index (Phi) is 4.20. The fraction of sp³-hybridized carbons (Fsp3) is 0.250. The Hall–Kier alpha value is -2.55. The molecule has 1 heterocycles. The van der Waals surface area contributed by atoms with Gasteiger partial charge in [0.1, 0.15) is 5.58 Å². The van der Waals surface area contributed by atoms with E-state index in [0.29, 0.717) is 6.42 Å². The highest BCUT2D eigenvalue weighted by molar-refractivity contribution is 5.96. The van der Waals surface area contributed by atoms with Crippen LogP contribution >= 0.6 is 0 Å². The van der Waals surface area contributed by atoms with E-state index in [1.165, 1.54) is 5.56 Å². The highest BCUT2D eigenvalue weighted by Crippen LogP contribution is 2.27. The zero-order valence-corrected chi connectivity index (χ0v) is 13.8. The van der Waals surface area contributed by atoms with Crippen LogP contribution in [0, 0.1) is 13.8 Å². The average molecular weight is 307 g/mol. The van der Waals surface area contributed by atoms with Crippen LogP contribution in [0.5, 0.6) is 0 Å². The van der Waals surface area contributed by atoms with E-state index in [4.69, 9.17) is 4.42 Å². The highest BCUT2D eigenvalue weighted by Gasteiger charge is 2.13. The Morgan fingerprint density at radius 1 is 1.09 bits per heavy atom. The number of rotatable bonds is 4. The number of carbonyl (C=O) groups is 1. The predicted octanol–water partition coefficient (Wildman–Crippen LogP) is 4.79. The maximum atomic E-state index is 12.4. The number of amides is 1. The monoisotopic (exact) mass is 307 g/mol. The molecule has 118 valence electrons. The average Bonchev–Trinajstić information content (AvgIpc) is 2.95. The summed E-state index contributed by atoms with van der Waals surface area (Å²) in [4.78, 5) is 12.4. The summed E-state index contributed by atoms with van der Waals surface area (Å²) in [5.41, 5.74) is 6.16. The lowest BCUT2D eigenvalue weighted by Gasteiger charge is -2.09.